The molecule has 2 heteroatoms. The Morgan fingerprint density at radius 1 is 1.67 bits per heavy atom. The van der Waals surface area contributed by atoms with Gasteiger partial charge in [-0.05, 0) is 31.8 Å². The maximum absolute atomic E-state index is 10.8. The summed E-state index contributed by atoms with van der Waals surface area (Å²) >= 11 is 0. The lowest BCUT2D eigenvalue weighted by Gasteiger charge is -2.13. The van der Waals surface area contributed by atoms with Crippen LogP contribution in [0.2, 0.25) is 0 Å². The number of hydrogen-bond donors (Lipinski definition) is 0. The number of Topliss-reactive ketones (excluding diaryl/α,β-unsaturated/α-hetero) is 1. The molecule has 0 heterocycles. The van der Waals surface area contributed by atoms with Gasteiger partial charge in [-0.15, -0.1) is 0 Å². The van der Waals surface area contributed by atoms with E-state index in [0.717, 1.165) is 12.8 Å². The summed E-state index contributed by atoms with van der Waals surface area (Å²) < 4.78 is 0. The standard InChI is InChI=1S/C10H14O2/c1-8(11)2-3-9-4-6-10(12)7-5-9/h4,6,9H,2-3,5,7H2,1H3. The van der Waals surface area contributed by atoms with Crippen molar-refractivity contribution < 1.29 is 9.59 Å². The third-order valence-corrected chi connectivity index (χ3v) is 2.18. The Morgan fingerprint density at radius 2 is 2.42 bits per heavy atom. The molecule has 1 unspecified atom stereocenters. The van der Waals surface area contributed by atoms with Gasteiger partial charge in [-0.3, -0.25) is 4.79 Å². The summed E-state index contributed by atoms with van der Waals surface area (Å²) in [6.45, 7) is 1.61. The van der Waals surface area contributed by atoms with Crippen molar-refractivity contribution in [2.24, 2.45) is 5.92 Å². The van der Waals surface area contributed by atoms with E-state index in [1.165, 1.54) is 0 Å². The molecule has 0 amide bonds. The smallest absolute Gasteiger partial charge is 0.155 e. The molecule has 1 aliphatic rings. The van der Waals surface area contributed by atoms with E-state index in [1.54, 1.807) is 13.0 Å². The van der Waals surface area contributed by atoms with Crippen LogP contribution in [0.15, 0.2) is 12.2 Å². The average molecular weight is 166 g/mol. The van der Waals surface area contributed by atoms with Crippen LogP contribution in [-0.4, -0.2) is 11.6 Å². The van der Waals surface area contributed by atoms with Gasteiger partial charge in [0.05, 0.1) is 0 Å². The fraction of sp³-hybridized carbons (Fsp3) is 0.600. The van der Waals surface area contributed by atoms with Gasteiger partial charge in [0, 0.05) is 12.8 Å². The summed E-state index contributed by atoms with van der Waals surface area (Å²) in [7, 11) is 0. The molecule has 0 saturated heterocycles. The number of rotatable bonds is 3. The highest BCUT2D eigenvalue weighted by atomic mass is 16.1. The van der Waals surface area contributed by atoms with Crippen LogP contribution in [0.1, 0.15) is 32.6 Å². The fourth-order valence-corrected chi connectivity index (χ4v) is 1.38. The minimum atomic E-state index is 0.217. The highest BCUT2D eigenvalue weighted by Crippen LogP contribution is 2.19. The third kappa shape index (κ3) is 2.99. The second-order valence-electron chi connectivity index (χ2n) is 3.36. The first-order valence-electron chi connectivity index (χ1n) is 4.39. The molecule has 0 aliphatic heterocycles. The molecule has 0 aromatic rings. The van der Waals surface area contributed by atoms with Crippen LogP contribution in [0.5, 0.6) is 0 Å². The first-order chi connectivity index (χ1) is 5.68. The number of carbonyl (C=O) groups excluding carboxylic acids is 2. The van der Waals surface area contributed by atoms with Gasteiger partial charge in [0.25, 0.3) is 0 Å². The highest BCUT2D eigenvalue weighted by Gasteiger charge is 2.12. The Hall–Kier alpha value is -0.920. The average Bonchev–Trinajstić information content (AvgIpc) is 2.03. The van der Waals surface area contributed by atoms with Crippen molar-refractivity contribution in [2.75, 3.05) is 0 Å². The van der Waals surface area contributed by atoms with Gasteiger partial charge in [0.15, 0.2) is 5.78 Å². The van der Waals surface area contributed by atoms with Gasteiger partial charge in [-0.2, -0.15) is 0 Å². The molecule has 1 rings (SSSR count). The molecule has 66 valence electrons. The second-order valence-corrected chi connectivity index (χ2v) is 3.36. The molecule has 0 aromatic carbocycles. The monoisotopic (exact) mass is 166 g/mol. The first-order valence-corrected chi connectivity index (χ1v) is 4.39. The van der Waals surface area contributed by atoms with Crippen LogP contribution in [-0.2, 0) is 9.59 Å². The Bertz CT molecular complexity index is 216. The topological polar surface area (TPSA) is 34.1 Å². The third-order valence-electron chi connectivity index (χ3n) is 2.18. The van der Waals surface area contributed by atoms with E-state index in [2.05, 4.69) is 0 Å². The molecule has 0 spiro atoms. The van der Waals surface area contributed by atoms with E-state index in [1.807, 2.05) is 6.08 Å². The van der Waals surface area contributed by atoms with Gasteiger partial charge < -0.3 is 4.79 Å². The molecule has 1 atom stereocenters. The van der Waals surface area contributed by atoms with Crippen molar-refractivity contribution >= 4 is 11.6 Å². The SMILES string of the molecule is CC(=O)CCC1C=CC(=O)CC1. The summed E-state index contributed by atoms with van der Waals surface area (Å²) in [4.78, 5) is 21.5. The number of hydrogen-bond acceptors (Lipinski definition) is 2. The summed E-state index contributed by atoms with van der Waals surface area (Å²) in [5, 5.41) is 0. The van der Waals surface area contributed by atoms with E-state index in [9.17, 15) is 9.59 Å². The van der Waals surface area contributed by atoms with Crippen LogP contribution in [0.3, 0.4) is 0 Å². The molecule has 0 fully saturated rings. The minimum Gasteiger partial charge on any atom is -0.300 e. The largest absolute Gasteiger partial charge is 0.300 e. The van der Waals surface area contributed by atoms with E-state index in [4.69, 9.17) is 0 Å². The molecule has 0 bridgehead atoms. The molecule has 0 N–H and O–H groups in total. The molecule has 1 aliphatic carbocycles. The Morgan fingerprint density at radius 3 is 2.92 bits per heavy atom. The quantitative estimate of drug-likeness (QED) is 0.641. The minimum absolute atomic E-state index is 0.217. The number of allylic oxidation sites excluding steroid dienone is 2. The predicted octanol–water partition coefficient (Wildman–Crippen LogP) is 1.89. The van der Waals surface area contributed by atoms with Crippen LogP contribution in [0, 0.1) is 5.92 Å². The zero-order chi connectivity index (χ0) is 8.97. The van der Waals surface area contributed by atoms with Crippen molar-refractivity contribution in [2.45, 2.75) is 32.6 Å². The molecular weight excluding hydrogens is 152 g/mol. The summed E-state index contributed by atoms with van der Waals surface area (Å²) in [6, 6.07) is 0. The van der Waals surface area contributed by atoms with Crippen molar-refractivity contribution in [3.8, 4) is 0 Å². The Labute approximate surface area is 72.7 Å². The van der Waals surface area contributed by atoms with E-state index in [-0.39, 0.29) is 11.6 Å². The normalized spacial score (nSPS) is 22.8. The second kappa shape index (κ2) is 4.19. The van der Waals surface area contributed by atoms with Crippen molar-refractivity contribution in [1.29, 1.82) is 0 Å². The molecule has 0 aromatic heterocycles. The maximum atomic E-state index is 10.8. The Balaban J connectivity index is 2.30. The van der Waals surface area contributed by atoms with Gasteiger partial charge in [0.2, 0.25) is 0 Å². The predicted molar refractivity (Wildman–Crippen MR) is 46.8 cm³/mol. The van der Waals surface area contributed by atoms with Crippen LogP contribution in [0.4, 0.5) is 0 Å². The van der Waals surface area contributed by atoms with Crippen molar-refractivity contribution in [1.82, 2.24) is 0 Å². The number of carbonyl (C=O) groups is 2. The lowest BCUT2D eigenvalue weighted by molar-refractivity contribution is -0.117. The van der Waals surface area contributed by atoms with E-state index < -0.39 is 0 Å². The summed E-state index contributed by atoms with van der Waals surface area (Å²) in [5.41, 5.74) is 0. The van der Waals surface area contributed by atoms with Gasteiger partial charge in [-0.25, -0.2) is 0 Å². The zero-order valence-corrected chi connectivity index (χ0v) is 7.38. The molecule has 2 nitrogen and oxygen atoms in total. The van der Waals surface area contributed by atoms with E-state index in [0.29, 0.717) is 18.8 Å². The van der Waals surface area contributed by atoms with Gasteiger partial charge in [0.1, 0.15) is 5.78 Å². The summed E-state index contributed by atoms with van der Waals surface area (Å²) in [6.07, 6.45) is 6.70. The molecule has 12 heavy (non-hydrogen) atoms. The van der Waals surface area contributed by atoms with E-state index >= 15 is 0 Å². The maximum Gasteiger partial charge on any atom is 0.155 e. The molecule has 0 radical (unpaired) electrons. The Kier molecular flexibility index (Phi) is 3.20. The van der Waals surface area contributed by atoms with Gasteiger partial charge >= 0.3 is 0 Å². The highest BCUT2D eigenvalue weighted by molar-refractivity contribution is 5.90. The lowest BCUT2D eigenvalue weighted by atomic mass is 9.91. The van der Waals surface area contributed by atoms with Crippen molar-refractivity contribution in [3.63, 3.8) is 0 Å². The molecular formula is C10H14O2. The lowest BCUT2D eigenvalue weighted by Crippen LogP contribution is -2.08. The first kappa shape index (κ1) is 9.17. The summed E-state index contributed by atoms with van der Waals surface area (Å²) in [5.74, 6) is 0.904. The number of ketones is 2. The molecule has 0 saturated carbocycles. The van der Waals surface area contributed by atoms with Crippen LogP contribution >= 0.6 is 0 Å². The fourth-order valence-electron chi connectivity index (χ4n) is 1.38. The van der Waals surface area contributed by atoms with Gasteiger partial charge in [-0.1, -0.05) is 6.08 Å². The van der Waals surface area contributed by atoms with Crippen molar-refractivity contribution in [3.05, 3.63) is 12.2 Å². The zero-order valence-electron chi connectivity index (χ0n) is 7.38. The van der Waals surface area contributed by atoms with Crippen LogP contribution in [0.25, 0.3) is 0 Å². The van der Waals surface area contributed by atoms with Crippen LogP contribution < -0.4 is 0 Å².